The van der Waals surface area contributed by atoms with E-state index in [1.165, 1.54) is 24.2 Å². The summed E-state index contributed by atoms with van der Waals surface area (Å²) >= 11 is 1.50. The summed E-state index contributed by atoms with van der Waals surface area (Å²) in [4.78, 5) is 19.6. The molecule has 0 saturated carbocycles. The molecule has 6 nitrogen and oxygen atoms in total. The number of piperazine rings is 1. The average Bonchev–Trinajstić information content (AvgIpc) is 3.35. The molecule has 2 aliphatic rings. The molecule has 0 radical (unpaired) electrons. The van der Waals surface area contributed by atoms with Crippen LogP contribution in [0.3, 0.4) is 0 Å². The second kappa shape index (κ2) is 6.76. The maximum Gasteiger partial charge on any atom is 0.264 e. The molecule has 0 unspecified atom stereocenters. The molecule has 2 aromatic rings. The zero-order chi connectivity index (χ0) is 16.4. The van der Waals surface area contributed by atoms with E-state index < -0.39 is 0 Å². The van der Waals surface area contributed by atoms with Gasteiger partial charge in [0.15, 0.2) is 11.6 Å². The molecule has 2 saturated heterocycles. The molecule has 0 spiro atoms. The van der Waals surface area contributed by atoms with Crippen molar-refractivity contribution < 1.29 is 4.79 Å². The third-order valence-electron chi connectivity index (χ3n) is 4.69. The van der Waals surface area contributed by atoms with E-state index in [0.29, 0.717) is 0 Å². The van der Waals surface area contributed by atoms with Crippen LogP contribution < -0.4 is 9.80 Å². The number of nitrogens with zero attached hydrogens (tertiary/aromatic N) is 5. The molecule has 0 N–H and O–H groups in total. The first-order valence-electron chi connectivity index (χ1n) is 8.48. The Morgan fingerprint density at radius 2 is 1.50 bits per heavy atom. The van der Waals surface area contributed by atoms with Crippen LogP contribution in [-0.4, -0.2) is 60.3 Å². The van der Waals surface area contributed by atoms with Gasteiger partial charge in [0.25, 0.3) is 5.91 Å². The second-order valence-corrected chi connectivity index (χ2v) is 7.15. The van der Waals surface area contributed by atoms with Crippen LogP contribution in [0, 0.1) is 0 Å². The van der Waals surface area contributed by atoms with Crippen LogP contribution in [0.25, 0.3) is 0 Å². The van der Waals surface area contributed by atoms with E-state index in [-0.39, 0.29) is 5.91 Å². The molecule has 24 heavy (non-hydrogen) atoms. The minimum Gasteiger partial charge on any atom is -0.355 e. The molecule has 2 fully saturated rings. The molecule has 0 atom stereocenters. The van der Waals surface area contributed by atoms with Crippen molar-refractivity contribution >= 4 is 28.9 Å². The van der Waals surface area contributed by atoms with E-state index in [1.807, 2.05) is 22.4 Å². The lowest BCUT2D eigenvalue weighted by atomic mass is 10.3. The highest BCUT2D eigenvalue weighted by molar-refractivity contribution is 7.12. The van der Waals surface area contributed by atoms with Crippen LogP contribution in [0.2, 0.25) is 0 Å². The van der Waals surface area contributed by atoms with E-state index in [1.54, 1.807) is 0 Å². The molecule has 0 aliphatic carbocycles. The van der Waals surface area contributed by atoms with Crippen molar-refractivity contribution in [1.82, 2.24) is 15.1 Å². The van der Waals surface area contributed by atoms with Gasteiger partial charge in [0.1, 0.15) is 0 Å². The SMILES string of the molecule is O=C(c1cccs1)N1CCN(c2ccc(N3CCCC3)nn2)CC1. The largest absolute Gasteiger partial charge is 0.355 e. The van der Waals surface area contributed by atoms with Crippen LogP contribution in [0.1, 0.15) is 22.5 Å². The predicted molar refractivity (Wildman–Crippen MR) is 95.9 cm³/mol. The topological polar surface area (TPSA) is 52.6 Å². The third-order valence-corrected chi connectivity index (χ3v) is 5.55. The fourth-order valence-corrected chi connectivity index (χ4v) is 3.99. The summed E-state index contributed by atoms with van der Waals surface area (Å²) in [7, 11) is 0. The van der Waals surface area contributed by atoms with Gasteiger partial charge in [-0.2, -0.15) is 0 Å². The van der Waals surface area contributed by atoms with Gasteiger partial charge in [-0.15, -0.1) is 21.5 Å². The highest BCUT2D eigenvalue weighted by Gasteiger charge is 2.23. The number of thiophene rings is 1. The minimum absolute atomic E-state index is 0.139. The van der Waals surface area contributed by atoms with Gasteiger partial charge in [-0.1, -0.05) is 6.07 Å². The lowest BCUT2D eigenvalue weighted by molar-refractivity contribution is 0.0751. The van der Waals surface area contributed by atoms with E-state index in [2.05, 4.69) is 32.1 Å². The zero-order valence-electron chi connectivity index (χ0n) is 13.6. The summed E-state index contributed by atoms with van der Waals surface area (Å²) < 4.78 is 0. The Labute approximate surface area is 145 Å². The highest BCUT2D eigenvalue weighted by Crippen LogP contribution is 2.20. The maximum absolute atomic E-state index is 12.4. The first-order valence-corrected chi connectivity index (χ1v) is 9.36. The van der Waals surface area contributed by atoms with E-state index in [9.17, 15) is 4.79 Å². The smallest absolute Gasteiger partial charge is 0.264 e. The Hall–Kier alpha value is -2.15. The molecule has 2 aromatic heterocycles. The Bertz CT molecular complexity index is 674. The molecule has 126 valence electrons. The second-order valence-electron chi connectivity index (χ2n) is 6.20. The number of rotatable bonds is 3. The zero-order valence-corrected chi connectivity index (χ0v) is 14.4. The van der Waals surface area contributed by atoms with Gasteiger partial charge in [-0.25, -0.2) is 0 Å². The summed E-state index contributed by atoms with van der Waals surface area (Å²) in [6.45, 7) is 5.22. The number of aromatic nitrogens is 2. The van der Waals surface area contributed by atoms with Gasteiger partial charge in [-0.3, -0.25) is 4.79 Å². The Kier molecular flexibility index (Phi) is 4.34. The number of hydrogen-bond donors (Lipinski definition) is 0. The summed E-state index contributed by atoms with van der Waals surface area (Å²) in [6, 6.07) is 7.93. The lowest BCUT2D eigenvalue weighted by Gasteiger charge is -2.35. The third kappa shape index (κ3) is 3.08. The first kappa shape index (κ1) is 15.4. The van der Waals surface area contributed by atoms with Crippen molar-refractivity contribution in [3.05, 3.63) is 34.5 Å². The van der Waals surface area contributed by atoms with Crippen molar-refractivity contribution in [2.45, 2.75) is 12.8 Å². The van der Waals surface area contributed by atoms with Crippen molar-refractivity contribution in [1.29, 1.82) is 0 Å². The van der Waals surface area contributed by atoms with Gasteiger partial charge in [0, 0.05) is 39.3 Å². The molecule has 0 bridgehead atoms. The van der Waals surface area contributed by atoms with Crippen molar-refractivity contribution in [2.75, 3.05) is 49.1 Å². The lowest BCUT2D eigenvalue weighted by Crippen LogP contribution is -2.49. The van der Waals surface area contributed by atoms with Crippen LogP contribution in [0.15, 0.2) is 29.6 Å². The standard InChI is InChI=1S/C17H21N5OS/c23-17(14-4-3-13-24-14)22-11-9-21(10-12-22)16-6-5-15(18-19-16)20-7-1-2-8-20/h3-6,13H,1-2,7-12H2. The summed E-state index contributed by atoms with van der Waals surface area (Å²) in [5.74, 6) is 2.02. The number of hydrogen-bond acceptors (Lipinski definition) is 6. The number of amides is 1. The maximum atomic E-state index is 12.4. The first-order chi connectivity index (χ1) is 11.8. The predicted octanol–water partition coefficient (Wildman–Crippen LogP) is 2.10. The van der Waals surface area contributed by atoms with Crippen LogP contribution >= 0.6 is 11.3 Å². The van der Waals surface area contributed by atoms with Gasteiger partial charge in [-0.05, 0) is 36.4 Å². The van der Waals surface area contributed by atoms with Gasteiger partial charge >= 0.3 is 0 Å². The molecule has 0 aromatic carbocycles. The minimum atomic E-state index is 0.139. The van der Waals surface area contributed by atoms with Gasteiger partial charge in [0.05, 0.1) is 4.88 Å². The van der Waals surface area contributed by atoms with Crippen molar-refractivity contribution in [3.8, 4) is 0 Å². The fraction of sp³-hybridized carbons (Fsp3) is 0.471. The summed E-state index contributed by atoms with van der Waals surface area (Å²) in [5.41, 5.74) is 0. The summed E-state index contributed by atoms with van der Waals surface area (Å²) in [6.07, 6.45) is 2.48. The van der Waals surface area contributed by atoms with E-state index >= 15 is 0 Å². The normalized spacial score (nSPS) is 18.2. The summed E-state index contributed by atoms with van der Waals surface area (Å²) in [5, 5.41) is 10.7. The van der Waals surface area contributed by atoms with Gasteiger partial charge < -0.3 is 14.7 Å². The van der Waals surface area contributed by atoms with Gasteiger partial charge in [0.2, 0.25) is 0 Å². The Balaban J connectivity index is 1.36. The van der Waals surface area contributed by atoms with Crippen molar-refractivity contribution in [3.63, 3.8) is 0 Å². The van der Waals surface area contributed by atoms with Crippen LogP contribution in [0.4, 0.5) is 11.6 Å². The highest BCUT2D eigenvalue weighted by atomic mass is 32.1. The van der Waals surface area contributed by atoms with Crippen molar-refractivity contribution in [2.24, 2.45) is 0 Å². The van der Waals surface area contributed by atoms with Crippen LogP contribution in [0.5, 0.6) is 0 Å². The Morgan fingerprint density at radius 1 is 0.875 bits per heavy atom. The molecule has 4 rings (SSSR count). The molecule has 2 aliphatic heterocycles. The number of anilines is 2. The molecule has 7 heteroatoms. The van der Waals surface area contributed by atoms with Crippen LogP contribution in [-0.2, 0) is 0 Å². The number of carbonyl (C=O) groups excluding carboxylic acids is 1. The van der Waals surface area contributed by atoms with E-state index in [0.717, 1.165) is 55.8 Å². The molecular formula is C17H21N5OS. The Morgan fingerprint density at radius 3 is 2.04 bits per heavy atom. The van der Waals surface area contributed by atoms with E-state index in [4.69, 9.17) is 0 Å². The quantitative estimate of drug-likeness (QED) is 0.854. The molecule has 1 amide bonds. The molecule has 4 heterocycles. The number of carbonyl (C=O) groups is 1. The monoisotopic (exact) mass is 343 g/mol. The average molecular weight is 343 g/mol. The fourth-order valence-electron chi connectivity index (χ4n) is 3.30. The molecular weight excluding hydrogens is 322 g/mol.